The third-order valence-electron chi connectivity index (χ3n) is 2.20. The van der Waals surface area contributed by atoms with E-state index in [2.05, 4.69) is 15.5 Å². The van der Waals surface area contributed by atoms with Gasteiger partial charge in [0.05, 0.1) is 0 Å². The summed E-state index contributed by atoms with van der Waals surface area (Å²) in [6.45, 7) is 0. The fourth-order valence-corrected chi connectivity index (χ4v) is 1.44. The molecule has 0 saturated heterocycles. The van der Waals surface area contributed by atoms with Crippen LogP contribution in [-0.2, 0) is 7.05 Å². The average molecular weight is 204 g/mol. The number of nitrogens with one attached hydrogen (secondary N) is 1. The normalized spacial score (nSPS) is 10.3. The molecule has 0 radical (unpaired) electrons. The minimum absolute atomic E-state index is 0.224. The molecule has 1 heterocycles. The molecule has 78 valence electrons. The molecule has 2 N–H and O–H groups in total. The first-order valence-electron chi connectivity index (χ1n) is 4.59. The molecule has 0 aliphatic carbocycles. The van der Waals surface area contributed by atoms with Gasteiger partial charge in [0.15, 0.2) is 5.82 Å². The van der Waals surface area contributed by atoms with Crippen LogP contribution in [0.3, 0.4) is 0 Å². The van der Waals surface area contributed by atoms with Crippen molar-refractivity contribution in [3.05, 3.63) is 24.3 Å². The molecule has 2 aromatic rings. The number of benzene rings is 1. The Bertz CT molecular complexity index is 478. The van der Waals surface area contributed by atoms with Gasteiger partial charge in [0.2, 0.25) is 5.95 Å². The maximum Gasteiger partial charge on any atom is 0.224 e. The second kappa shape index (κ2) is 3.61. The molecule has 1 aromatic heterocycles. The largest absolute Gasteiger partial charge is 0.508 e. The zero-order valence-corrected chi connectivity index (χ0v) is 8.60. The summed E-state index contributed by atoms with van der Waals surface area (Å²) in [5, 5.41) is 20.3. The van der Waals surface area contributed by atoms with Gasteiger partial charge in [0, 0.05) is 19.7 Å². The number of hydrogen-bond donors (Lipinski definition) is 2. The topological polar surface area (TPSA) is 63.0 Å². The third kappa shape index (κ3) is 1.63. The van der Waals surface area contributed by atoms with Gasteiger partial charge in [-0.1, -0.05) is 12.1 Å². The Morgan fingerprint density at radius 1 is 1.33 bits per heavy atom. The lowest BCUT2D eigenvalue weighted by Gasteiger charge is -2.03. The molecule has 0 amide bonds. The Kier molecular flexibility index (Phi) is 2.29. The molecular formula is C10H12N4O. The van der Waals surface area contributed by atoms with Crippen molar-refractivity contribution in [2.24, 2.45) is 7.05 Å². The summed E-state index contributed by atoms with van der Waals surface area (Å²) in [4.78, 5) is 0. The van der Waals surface area contributed by atoms with E-state index in [-0.39, 0.29) is 5.75 Å². The number of phenolic OH excluding ortho intramolecular Hbond substituents is 1. The van der Waals surface area contributed by atoms with Crippen LogP contribution in [0.2, 0.25) is 0 Å². The van der Waals surface area contributed by atoms with Crippen LogP contribution in [0, 0.1) is 0 Å². The van der Waals surface area contributed by atoms with E-state index in [1.54, 1.807) is 25.2 Å². The average Bonchev–Trinajstić information content (AvgIpc) is 2.59. The molecule has 1 aromatic carbocycles. The number of nitrogens with zero attached hydrogens (tertiary/aromatic N) is 3. The number of hydrogen-bond acceptors (Lipinski definition) is 4. The Balaban J connectivity index is 2.49. The zero-order chi connectivity index (χ0) is 10.8. The van der Waals surface area contributed by atoms with Gasteiger partial charge in [-0.25, -0.2) is 0 Å². The highest BCUT2D eigenvalue weighted by atomic mass is 16.3. The third-order valence-corrected chi connectivity index (χ3v) is 2.20. The van der Waals surface area contributed by atoms with E-state index in [4.69, 9.17) is 0 Å². The Labute approximate surface area is 87.4 Å². The highest BCUT2D eigenvalue weighted by molar-refractivity contribution is 5.59. The van der Waals surface area contributed by atoms with Crippen LogP contribution < -0.4 is 5.32 Å². The minimum Gasteiger partial charge on any atom is -0.508 e. The van der Waals surface area contributed by atoms with Crippen LogP contribution >= 0.6 is 0 Å². The van der Waals surface area contributed by atoms with Crippen LogP contribution in [0.1, 0.15) is 0 Å². The van der Waals surface area contributed by atoms with Gasteiger partial charge in [0.1, 0.15) is 5.75 Å². The lowest BCUT2D eigenvalue weighted by Crippen LogP contribution is -1.99. The van der Waals surface area contributed by atoms with E-state index in [0.29, 0.717) is 5.95 Å². The molecule has 0 atom stereocenters. The van der Waals surface area contributed by atoms with Crippen molar-refractivity contribution >= 4 is 5.95 Å². The maximum absolute atomic E-state index is 9.36. The van der Waals surface area contributed by atoms with Crippen LogP contribution in [-0.4, -0.2) is 26.9 Å². The summed E-state index contributed by atoms with van der Waals surface area (Å²) in [7, 11) is 3.65. The van der Waals surface area contributed by atoms with Crippen molar-refractivity contribution in [3.63, 3.8) is 0 Å². The fraction of sp³-hybridized carbons (Fsp3) is 0.200. The summed E-state index contributed by atoms with van der Waals surface area (Å²) in [5.74, 6) is 1.63. The van der Waals surface area contributed by atoms with Gasteiger partial charge in [-0.15, -0.1) is 10.2 Å². The maximum atomic E-state index is 9.36. The second-order valence-corrected chi connectivity index (χ2v) is 3.21. The summed E-state index contributed by atoms with van der Waals surface area (Å²) < 4.78 is 1.83. The molecule has 5 nitrogen and oxygen atoms in total. The van der Waals surface area contributed by atoms with E-state index in [0.717, 1.165) is 11.4 Å². The van der Waals surface area contributed by atoms with Gasteiger partial charge < -0.3 is 10.4 Å². The van der Waals surface area contributed by atoms with E-state index in [9.17, 15) is 5.11 Å². The van der Waals surface area contributed by atoms with Gasteiger partial charge >= 0.3 is 0 Å². The van der Waals surface area contributed by atoms with Crippen molar-refractivity contribution in [2.75, 3.05) is 12.4 Å². The SMILES string of the molecule is CNc1nnc(-c2cccc(O)c2)n1C. The fourth-order valence-electron chi connectivity index (χ4n) is 1.44. The molecule has 0 spiro atoms. The highest BCUT2D eigenvalue weighted by Gasteiger charge is 2.09. The predicted molar refractivity (Wildman–Crippen MR) is 57.7 cm³/mol. The number of anilines is 1. The van der Waals surface area contributed by atoms with Gasteiger partial charge in [-0.2, -0.15) is 0 Å². The second-order valence-electron chi connectivity index (χ2n) is 3.21. The smallest absolute Gasteiger partial charge is 0.224 e. The van der Waals surface area contributed by atoms with E-state index >= 15 is 0 Å². The molecule has 0 aliphatic heterocycles. The molecular weight excluding hydrogens is 192 g/mol. The van der Waals surface area contributed by atoms with Gasteiger partial charge in [-0.3, -0.25) is 4.57 Å². The summed E-state index contributed by atoms with van der Waals surface area (Å²) in [6.07, 6.45) is 0. The molecule has 15 heavy (non-hydrogen) atoms. The number of aromatic nitrogens is 3. The Hall–Kier alpha value is -2.04. The number of rotatable bonds is 2. The molecule has 0 aliphatic rings. The molecule has 0 unspecified atom stereocenters. The summed E-state index contributed by atoms with van der Waals surface area (Å²) >= 11 is 0. The molecule has 5 heteroatoms. The Morgan fingerprint density at radius 2 is 2.13 bits per heavy atom. The molecule has 0 saturated carbocycles. The van der Waals surface area contributed by atoms with Crippen LogP contribution in [0.5, 0.6) is 5.75 Å². The zero-order valence-electron chi connectivity index (χ0n) is 8.60. The van der Waals surface area contributed by atoms with Crippen LogP contribution in [0.25, 0.3) is 11.4 Å². The summed E-state index contributed by atoms with van der Waals surface area (Å²) in [5.41, 5.74) is 0.839. The molecule has 0 bridgehead atoms. The van der Waals surface area contributed by atoms with Crippen molar-refractivity contribution < 1.29 is 5.11 Å². The minimum atomic E-state index is 0.224. The highest BCUT2D eigenvalue weighted by Crippen LogP contribution is 2.22. The quantitative estimate of drug-likeness (QED) is 0.772. The number of phenols is 1. The first kappa shape index (κ1) is 9.51. The first-order valence-corrected chi connectivity index (χ1v) is 4.59. The van der Waals surface area contributed by atoms with Crippen LogP contribution in [0.4, 0.5) is 5.95 Å². The van der Waals surface area contributed by atoms with Crippen molar-refractivity contribution in [1.29, 1.82) is 0 Å². The van der Waals surface area contributed by atoms with Crippen molar-refractivity contribution in [2.45, 2.75) is 0 Å². The predicted octanol–water partition coefficient (Wildman–Crippen LogP) is 1.23. The van der Waals surface area contributed by atoms with Crippen LogP contribution in [0.15, 0.2) is 24.3 Å². The molecule has 2 rings (SSSR count). The molecule has 0 fully saturated rings. The number of aromatic hydroxyl groups is 1. The monoisotopic (exact) mass is 204 g/mol. The lowest BCUT2D eigenvalue weighted by atomic mass is 10.2. The summed E-state index contributed by atoms with van der Waals surface area (Å²) in [6, 6.07) is 6.93. The first-order chi connectivity index (χ1) is 7.22. The lowest BCUT2D eigenvalue weighted by molar-refractivity contribution is 0.475. The Morgan fingerprint density at radius 3 is 2.73 bits per heavy atom. The van der Waals surface area contributed by atoms with E-state index in [1.165, 1.54) is 0 Å². The van der Waals surface area contributed by atoms with E-state index in [1.807, 2.05) is 17.7 Å². The van der Waals surface area contributed by atoms with Crippen molar-refractivity contribution in [3.8, 4) is 17.1 Å². The van der Waals surface area contributed by atoms with Gasteiger partial charge in [0.25, 0.3) is 0 Å². The van der Waals surface area contributed by atoms with Gasteiger partial charge in [-0.05, 0) is 12.1 Å². The van der Waals surface area contributed by atoms with Crippen molar-refractivity contribution in [1.82, 2.24) is 14.8 Å². The van der Waals surface area contributed by atoms with E-state index < -0.39 is 0 Å². The standard InChI is InChI=1S/C10H12N4O/c1-11-10-13-12-9(14(10)2)7-4-3-5-8(15)6-7/h3-6,15H,1-2H3,(H,11,13).